The van der Waals surface area contributed by atoms with E-state index in [1.165, 1.54) is 25.3 Å². The number of methoxy groups -OCH3 is 1. The summed E-state index contributed by atoms with van der Waals surface area (Å²) in [6, 6.07) is 10.2. The zero-order valence-corrected chi connectivity index (χ0v) is 17.7. The Balaban J connectivity index is 1.90. The summed E-state index contributed by atoms with van der Waals surface area (Å²) in [5.41, 5.74) is 1.13. The van der Waals surface area contributed by atoms with Gasteiger partial charge >= 0.3 is 0 Å². The Morgan fingerprint density at radius 2 is 2.00 bits per heavy atom. The predicted octanol–water partition coefficient (Wildman–Crippen LogP) is 3.08. The Bertz CT molecular complexity index is 1040. The summed E-state index contributed by atoms with van der Waals surface area (Å²) < 4.78 is 32.8. The number of aryl methyl sites for hydroxylation is 1. The third-order valence-electron chi connectivity index (χ3n) is 4.48. The zero-order valence-electron chi connectivity index (χ0n) is 15.3. The summed E-state index contributed by atoms with van der Waals surface area (Å²) in [5, 5.41) is 2.68. The minimum atomic E-state index is -4.17. The number of halogens is 1. The van der Waals surface area contributed by atoms with E-state index in [0.717, 1.165) is 4.47 Å². The number of rotatable bonds is 5. The molecule has 1 saturated heterocycles. The maximum atomic E-state index is 13.1. The van der Waals surface area contributed by atoms with Crippen LogP contribution in [0.4, 0.5) is 5.69 Å². The number of hydrogen-bond donors (Lipinski definition) is 1. The summed E-state index contributed by atoms with van der Waals surface area (Å²) in [6.07, 6.45) is 0.123. The van der Waals surface area contributed by atoms with Crippen molar-refractivity contribution in [3.63, 3.8) is 0 Å². The highest BCUT2D eigenvalue weighted by Crippen LogP contribution is 2.30. The van der Waals surface area contributed by atoms with Crippen LogP contribution in [-0.2, 0) is 19.6 Å². The SMILES string of the molecule is COc1ccc(S(=O)(=O)N2C(=O)CC[C@H]2C(=O)Nc2cccc(Br)c2)cc1C. The molecule has 1 aliphatic heterocycles. The molecule has 7 nitrogen and oxygen atoms in total. The standard InChI is InChI=1S/C19H19BrN2O5S/c1-12-10-15(6-8-17(12)27-2)28(25,26)22-16(7-9-18(22)23)19(24)21-14-5-3-4-13(20)11-14/h3-6,8,10-11,16H,7,9H2,1-2H3,(H,21,24)/t16-/m0/s1. The number of hydrogen-bond acceptors (Lipinski definition) is 5. The first kappa shape index (κ1) is 20.3. The molecule has 1 atom stereocenters. The van der Waals surface area contributed by atoms with Crippen LogP contribution < -0.4 is 10.1 Å². The Labute approximate surface area is 171 Å². The van der Waals surface area contributed by atoms with Crippen LogP contribution in [0.1, 0.15) is 18.4 Å². The van der Waals surface area contributed by atoms with Crippen molar-refractivity contribution < 1.29 is 22.7 Å². The van der Waals surface area contributed by atoms with E-state index in [2.05, 4.69) is 21.2 Å². The molecule has 2 aromatic rings. The third kappa shape index (κ3) is 3.90. The lowest BCUT2D eigenvalue weighted by molar-refractivity contribution is -0.128. The predicted molar refractivity (Wildman–Crippen MR) is 108 cm³/mol. The second-order valence-corrected chi connectivity index (χ2v) is 9.11. The van der Waals surface area contributed by atoms with Crippen LogP contribution in [0.5, 0.6) is 5.75 Å². The second-order valence-electron chi connectivity index (χ2n) is 6.38. The number of anilines is 1. The van der Waals surface area contributed by atoms with Crippen LogP contribution in [-0.4, -0.2) is 37.7 Å². The summed E-state index contributed by atoms with van der Waals surface area (Å²) in [4.78, 5) is 25.0. The lowest BCUT2D eigenvalue weighted by atomic mass is 10.2. The van der Waals surface area contributed by atoms with Crippen LogP contribution in [0.3, 0.4) is 0 Å². The van der Waals surface area contributed by atoms with Crippen molar-refractivity contribution in [2.45, 2.75) is 30.7 Å². The Kier molecular flexibility index (Phi) is 5.76. The minimum absolute atomic E-state index is 0.00899. The van der Waals surface area contributed by atoms with Crippen LogP contribution in [0.15, 0.2) is 51.8 Å². The van der Waals surface area contributed by atoms with E-state index in [-0.39, 0.29) is 17.7 Å². The molecule has 2 aromatic carbocycles. The van der Waals surface area contributed by atoms with Crippen molar-refractivity contribution >= 4 is 43.5 Å². The van der Waals surface area contributed by atoms with Crippen molar-refractivity contribution in [1.29, 1.82) is 0 Å². The van der Waals surface area contributed by atoms with Gasteiger partial charge in [-0.15, -0.1) is 0 Å². The zero-order chi connectivity index (χ0) is 20.5. The average Bonchev–Trinajstić information content (AvgIpc) is 3.04. The van der Waals surface area contributed by atoms with Gasteiger partial charge in [-0.05, 0) is 55.3 Å². The summed E-state index contributed by atoms with van der Waals surface area (Å²) >= 11 is 3.32. The Morgan fingerprint density at radius 1 is 1.25 bits per heavy atom. The van der Waals surface area contributed by atoms with Crippen molar-refractivity contribution in [2.24, 2.45) is 0 Å². The van der Waals surface area contributed by atoms with Gasteiger partial charge in [0.05, 0.1) is 12.0 Å². The van der Waals surface area contributed by atoms with E-state index in [4.69, 9.17) is 4.74 Å². The number of carbonyl (C=O) groups is 2. The summed E-state index contributed by atoms with van der Waals surface area (Å²) in [7, 11) is -2.68. The van der Waals surface area contributed by atoms with Gasteiger partial charge in [0.1, 0.15) is 11.8 Å². The summed E-state index contributed by atoms with van der Waals surface area (Å²) in [6.45, 7) is 1.71. The molecule has 0 saturated carbocycles. The molecule has 2 amide bonds. The van der Waals surface area contributed by atoms with Crippen molar-refractivity contribution in [1.82, 2.24) is 4.31 Å². The molecule has 0 aromatic heterocycles. The number of amides is 2. The number of sulfonamides is 1. The monoisotopic (exact) mass is 466 g/mol. The molecule has 0 radical (unpaired) electrons. The minimum Gasteiger partial charge on any atom is -0.496 e. The average molecular weight is 467 g/mol. The molecule has 1 N–H and O–H groups in total. The lowest BCUT2D eigenvalue weighted by Gasteiger charge is -2.24. The molecular formula is C19H19BrN2O5S. The first-order valence-electron chi connectivity index (χ1n) is 8.52. The molecule has 9 heteroatoms. The van der Waals surface area contributed by atoms with Crippen LogP contribution in [0, 0.1) is 6.92 Å². The van der Waals surface area contributed by atoms with Gasteiger partial charge in [-0.2, -0.15) is 0 Å². The summed E-state index contributed by atoms with van der Waals surface area (Å²) in [5.74, 6) is -0.601. The molecule has 0 aliphatic carbocycles. The van der Waals surface area contributed by atoms with E-state index in [0.29, 0.717) is 21.3 Å². The third-order valence-corrected chi connectivity index (χ3v) is 6.80. The lowest BCUT2D eigenvalue weighted by Crippen LogP contribution is -2.45. The Hall–Kier alpha value is -2.39. The van der Waals surface area contributed by atoms with Gasteiger partial charge < -0.3 is 10.1 Å². The van der Waals surface area contributed by atoms with E-state index < -0.39 is 27.9 Å². The van der Waals surface area contributed by atoms with Gasteiger partial charge in [0.15, 0.2) is 0 Å². The van der Waals surface area contributed by atoms with Gasteiger partial charge in [0, 0.05) is 16.6 Å². The highest BCUT2D eigenvalue weighted by Gasteiger charge is 2.44. The molecule has 0 unspecified atom stereocenters. The molecule has 0 bridgehead atoms. The number of benzene rings is 2. The first-order valence-corrected chi connectivity index (χ1v) is 10.8. The maximum absolute atomic E-state index is 13.1. The molecule has 28 heavy (non-hydrogen) atoms. The number of ether oxygens (including phenoxy) is 1. The highest BCUT2D eigenvalue weighted by atomic mass is 79.9. The fourth-order valence-corrected chi connectivity index (χ4v) is 5.20. The molecule has 1 aliphatic rings. The fourth-order valence-electron chi connectivity index (χ4n) is 3.12. The van der Waals surface area contributed by atoms with Crippen LogP contribution >= 0.6 is 15.9 Å². The number of carbonyl (C=O) groups excluding carboxylic acids is 2. The van der Waals surface area contributed by atoms with Gasteiger partial charge in [-0.3, -0.25) is 9.59 Å². The van der Waals surface area contributed by atoms with E-state index >= 15 is 0 Å². The van der Waals surface area contributed by atoms with E-state index in [9.17, 15) is 18.0 Å². The normalized spacial score (nSPS) is 16.9. The van der Waals surface area contributed by atoms with Crippen molar-refractivity contribution in [3.05, 3.63) is 52.5 Å². The van der Waals surface area contributed by atoms with Crippen LogP contribution in [0.2, 0.25) is 0 Å². The number of nitrogens with zero attached hydrogens (tertiary/aromatic N) is 1. The first-order chi connectivity index (χ1) is 13.2. The molecule has 3 rings (SSSR count). The quantitative estimate of drug-likeness (QED) is 0.730. The molecule has 0 spiro atoms. The topological polar surface area (TPSA) is 92.8 Å². The highest BCUT2D eigenvalue weighted by molar-refractivity contribution is 9.10. The van der Waals surface area contributed by atoms with Gasteiger partial charge in [-0.1, -0.05) is 22.0 Å². The Morgan fingerprint density at radius 3 is 2.64 bits per heavy atom. The second kappa shape index (κ2) is 7.92. The van der Waals surface area contributed by atoms with Crippen molar-refractivity contribution in [3.8, 4) is 5.75 Å². The molecule has 1 heterocycles. The smallest absolute Gasteiger partial charge is 0.267 e. The van der Waals surface area contributed by atoms with Crippen LogP contribution in [0.25, 0.3) is 0 Å². The van der Waals surface area contributed by atoms with Gasteiger partial charge in [0.25, 0.3) is 10.0 Å². The molecule has 1 fully saturated rings. The fraction of sp³-hybridized carbons (Fsp3) is 0.263. The van der Waals surface area contributed by atoms with Gasteiger partial charge in [0.2, 0.25) is 11.8 Å². The largest absolute Gasteiger partial charge is 0.496 e. The molecular weight excluding hydrogens is 448 g/mol. The van der Waals surface area contributed by atoms with Crippen molar-refractivity contribution in [2.75, 3.05) is 12.4 Å². The van der Waals surface area contributed by atoms with E-state index in [1.807, 2.05) is 0 Å². The van der Waals surface area contributed by atoms with Gasteiger partial charge in [-0.25, -0.2) is 12.7 Å². The maximum Gasteiger partial charge on any atom is 0.267 e. The molecule has 148 valence electrons. The number of nitrogens with one attached hydrogen (secondary N) is 1. The van der Waals surface area contributed by atoms with E-state index in [1.54, 1.807) is 31.2 Å².